The van der Waals surface area contributed by atoms with Gasteiger partial charge in [0.1, 0.15) is 5.75 Å². The lowest BCUT2D eigenvalue weighted by molar-refractivity contribution is 0.0925. The molecule has 94 valence electrons. The zero-order valence-corrected chi connectivity index (χ0v) is 10.0. The molecule has 0 spiro atoms. The Labute approximate surface area is 104 Å². The maximum absolute atomic E-state index is 11.7. The summed E-state index contributed by atoms with van der Waals surface area (Å²) in [6.45, 7) is 2.22. The predicted octanol–water partition coefficient (Wildman–Crippen LogP) is 1.66. The molecule has 2 N–H and O–H groups in total. The number of rotatable bonds is 4. The van der Waals surface area contributed by atoms with Crippen LogP contribution < -0.4 is 5.32 Å². The topological polar surface area (TPSA) is 75.4 Å². The third-order valence-electron chi connectivity index (χ3n) is 2.59. The van der Waals surface area contributed by atoms with E-state index in [1.165, 1.54) is 6.39 Å². The Bertz CT molecular complexity index is 531. The standard InChI is InChI=1S/C13H14N2O3/c1-9-12(18-8-15-9)13(17)14-7-6-10-2-4-11(16)5-3-10/h2-5,8,16H,6-7H2,1H3,(H,14,17). The Morgan fingerprint density at radius 1 is 1.39 bits per heavy atom. The normalized spacial score (nSPS) is 10.3. The van der Waals surface area contributed by atoms with E-state index in [1.54, 1.807) is 19.1 Å². The van der Waals surface area contributed by atoms with Gasteiger partial charge in [-0.2, -0.15) is 0 Å². The molecule has 0 atom stereocenters. The molecule has 0 saturated heterocycles. The maximum Gasteiger partial charge on any atom is 0.289 e. The molecular weight excluding hydrogens is 232 g/mol. The van der Waals surface area contributed by atoms with Gasteiger partial charge < -0.3 is 14.8 Å². The molecule has 0 aliphatic rings. The molecule has 1 aromatic heterocycles. The number of nitrogens with one attached hydrogen (secondary N) is 1. The van der Waals surface area contributed by atoms with Gasteiger partial charge in [-0.1, -0.05) is 12.1 Å². The molecule has 0 aliphatic heterocycles. The first-order chi connectivity index (χ1) is 8.66. The first-order valence-corrected chi connectivity index (χ1v) is 5.63. The fourth-order valence-electron chi connectivity index (χ4n) is 1.58. The number of aryl methyl sites for hydroxylation is 1. The van der Waals surface area contributed by atoms with Gasteiger partial charge in [-0.25, -0.2) is 4.98 Å². The van der Waals surface area contributed by atoms with E-state index < -0.39 is 0 Å². The quantitative estimate of drug-likeness (QED) is 0.860. The fourth-order valence-corrected chi connectivity index (χ4v) is 1.58. The number of nitrogens with zero attached hydrogens (tertiary/aromatic N) is 1. The minimum Gasteiger partial charge on any atom is -0.508 e. The molecule has 2 rings (SSSR count). The molecule has 18 heavy (non-hydrogen) atoms. The van der Waals surface area contributed by atoms with E-state index in [-0.39, 0.29) is 17.4 Å². The van der Waals surface area contributed by atoms with Crippen molar-refractivity contribution in [2.45, 2.75) is 13.3 Å². The molecule has 0 fully saturated rings. The van der Waals surface area contributed by atoms with Crippen molar-refractivity contribution in [2.24, 2.45) is 0 Å². The number of phenols is 1. The second-order valence-corrected chi connectivity index (χ2v) is 3.94. The number of aromatic nitrogens is 1. The van der Waals surface area contributed by atoms with Gasteiger partial charge in [0.15, 0.2) is 6.39 Å². The van der Waals surface area contributed by atoms with Crippen LogP contribution in [0.3, 0.4) is 0 Å². The molecule has 0 unspecified atom stereocenters. The Balaban J connectivity index is 1.84. The van der Waals surface area contributed by atoms with Crippen LogP contribution in [0, 0.1) is 6.92 Å². The number of carbonyl (C=O) groups is 1. The van der Waals surface area contributed by atoms with Crippen molar-refractivity contribution >= 4 is 5.91 Å². The Morgan fingerprint density at radius 2 is 2.11 bits per heavy atom. The number of hydrogen-bond acceptors (Lipinski definition) is 4. The summed E-state index contributed by atoms with van der Waals surface area (Å²) in [5.41, 5.74) is 1.62. The summed E-state index contributed by atoms with van der Waals surface area (Å²) >= 11 is 0. The molecule has 0 radical (unpaired) electrons. The summed E-state index contributed by atoms with van der Waals surface area (Å²) in [7, 11) is 0. The monoisotopic (exact) mass is 246 g/mol. The largest absolute Gasteiger partial charge is 0.508 e. The van der Waals surface area contributed by atoms with Crippen molar-refractivity contribution in [3.8, 4) is 5.75 Å². The van der Waals surface area contributed by atoms with E-state index in [4.69, 9.17) is 9.52 Å². The molecule has 0 bridgehead atoms. The lowest BCUT2D eigenvalue weighted by Gasteiger charge is -2.04. The molecule has 1 amide bonds. The first-order valence-electron chi connectivity index (χ1n) is 5.63. The van der Waals surface area contributed by atoms with Gasteiger partial charge in [-0.15, -0.1) is 0 Å². The summed E-state index contributed by atoms with van der Waals surface area (Å²) in [4.78, 5) is 15.5. The number of aromatic hydroxyl groups is 1. The average molecular weight is 246 g/mol. The Hall–Kier alpha value is -2.30. The molecule has 1 aromatic carbocycles. The highest BCUT2D eigenvalue weighted by molar-refractivity contribution is 5.92. The van der Waals surface area contributed by atoms with E-state index in [1.807, 2.05) is 12.1 Å². The number of carbonyl (C=O) groups excluding carboxylic acids is 1. The van der Waals surface area contributed by atoms with Crippen LogP contribution in [-0.4, -0.2) is 22.5 Å². The van der Waals surface area contributed by atoms with Gasteiger partial charge in [-0.3, -0.25) is 4.79 Å². The van der Waals surface area contributed by atoms with Crippen molar-refractivity contribution in [1.29, 1.82) is 0 Å². The first kappa shape index (κ1) is 12.2. The number of hydrogen-bond donors (Lipinski definition) is 2. The second kappa shape index (κ2) is 5.35. The maximum atomic E-state index is 11.7. The molecule has 1 heterocycles. The van der Waals surface area contributed by atoms with Crippen molar-refractivity contribution < 1.29 is 14.3 Å². The third kappa shape index (κ3) is 2.88. The van der Waals surface area contributed by atoms with Gasteiger partial charge in [-0.05, 0) is 31.0 Å². The Kier molecular flexibility index (Phi) is 3.62. The lowest BCUT2D eigenvalue weighted by atomic mass is 10.1. The summed E-state index contributed by atoms with van der Waals surface area (Å²) in [6, 6.07) is 6.89. The number of amides is 1. The molecule has 2 aromatic rings. The Morgan fingerprint density at radius 3 is 2.72 bits per heavy atom. The van der Waals surface area contributed by atoms with Crippen LogP contribution in [-0.2, 0) is 6.42 Å². The summed E-state index contributed by atoms with van der Waals surface area (Å²) < 4.78 is 4.99. The average Bonchev–Trinajstić information content (AvgIpc) is 2.78. The van der Waals surface area contributed by atoms with Crippen LogP contribution >= 0.6 is 0 Å². The number of benzene rings is 1. The summed E-state index contributed by atoms with van der Waals surface area (Å²) in [5.74, 6) is 0.226. The highest BCUT2D eigenvalue weighted by Crippen LogP contribution is 2.10. The lowest BCUT2D eigenvalue weighted by Crippen LogP contribution is -2.25. The van der Waals surface area contributed by atoms with Gasteiger partial charge in [0, 0.05) is 6.54 Å². The van der Waals surface area contributed by atoms with E-state index in [0.29, 0.717) is 18.7 Å². The summed E-state index contributed by atoms with van der Waals surface area (Å²) in [6.07, 6.45) is 1.95. The van der Waals surface area contributed by atoms with Gasteiger partial charge in [0.25, 0.3) is 5.91 Å². The molecular formula is C13H14N2O3. The number of phenolic OH excluding ortho intramolecular Hbond substituents is 1. The van der Waals surface area contributed by atoms with Gasteiger partial charge in [0.05, 0.1) is 5.69 Å². The van der Waals surface area contributed by atoms with Crippen molar-refractivity contribution in [3.63, 3.8) is 0 Å². The van der Waals surface area contributed by atoms with E-state index in [9.17, 15) is 4.79 Å². The zero-order chi connectivity index (χ0) is 13.0. The van der Waals surface area contributed by atoms with E-state index in [2.05, 4.69) is 10.3 Å². The predicted molar refractivity (Wildman–Crippen MR) is 65.4 cm³/mol. The van der Waals surface area contributed by atoms with Gasteiger partial charge in [0.2, 0.25) is 5.76 Å². The molecule has 5 nitrogen and oxygen atoms in total. The smallest absolute Gasteiger partial charge is 0.289 e. The van der Waals surface area contributed by atoms with Crippen LogP contribution in [0.4, 0.5) is 0 Å². The SMILES string of the molecule is Cc1ncoc1C(=O)NCCc1ccc(O)cc1. The molecule has 0 aliphatic carbocycles. The molecule has 5 heteroatoms. The second-order valence-electron chi connectivity index (χ2n) is 3.94. The van der Waals surface area contributed by atoms with Gasteiger partial charge >= 0.3 is 0 Å². The van der Waals surface area contributed by atoms with Crippen LogP contribution in [0.2, 0.25) is 0 Å². The van der Waals surface area contributed by atoms with Crippen LogP contribution in [0.15, 0.2) is 35.1 Å². The van der Waals surface area contributed by atoms with Crippen LogP contribution in [0.5, 0.6) is 5.75 Å². The molecule has 0 saturated carbocycles. The van der Waals surface area contributed by atoms with E-state index >= 15 is 0 Å². The van der Waals surface area contributed by atoms with Crippen LogP contribution in [0.1, 0.15) is 21.8 Å². The fraction of sp³-hybridized carbons (Fsp3) is 0.231. The summed E-state index contributed by atoms with van der Waals surface area (Å²) in [5, 5.41) is 11.9. The van der Waals surface area contributed by atoms with E-state index in [0.717, 1.165) is 5.56 Å². The van der Waals surface area contributed by atoms with Crippen molar-refractivity contribution in [2.75, 3.05) is 6.54 Å². The minimum absolute atomic E-state index is 0.236. The zero-order valence-electron chi connectivity index (χ0n) is 10.0. The highest BCUT2D eigenvalue weighted by Gasteiger charge is 2.12. The number of oxazole rings is 1. The minimum atomic E-state index is -0.260. The third-order valence-corrected chi connectivity index (χ3v) is 2.59. The van der Waals surface area contributed by atoms with Crippen molar-refractivity contribution in [1.82, 2.24) is 10.3 Å². The van der Waals surface area contributed by atoms with Crippen molar-refractivity contribution in [3.05, 3.63) is 47.7 Å². The van der Waals surface area contributed by atoms with Crippen LogP contribution in [0.25, 0.3) is 0 Å². The highest BCUT2D eigenvalue weighted by atomic mass is 16.3.